The van der Waals surface area contributed by atoms with Crippen molar-refractivity contribution in [3.8, 4) is 0 Å². The highest BCUT2D eigenvalue weighted by Gasteiger charge is 2.22. The Morgan fingerprint density at radius 2 is 2.23 bits per heavy atom. The number of carbonyl (C=O) groups excluding carboxylic acids is 1. The average molecular weight is 192 g/mol. The zero-order valence-electron chi connectivity index (χ0n) is 7.19. The molecule has 2 rings (SSSR count). The number of hydrogen-bond donors (Lipinski definition) is 0. The SMILES string of the molecule is O=C(C[S])N1CCc2ccccc21. The average Bonchev–Trinajstić information content (AvgIpc) is 2.60. The predicted molar refractivity (Wildman–Crippen MR) is 55.0 cm³/mol. The van der Waals surface area contributed by atoms with Crippen molar-refractivity contribution in [1.29, 1.82) is 0 Å². The van der Waals surface area contributed by atoms with Crippen LogP contribution in [0.25, 0.3) is 0 Å². The van der Waals surface area contributed by atoms with E-state index in [2.05, 4.69) is 6.07 Å². The van der Waals surface area contributed by atoms with Gasteiger partial charge >= 0.3 is 0 Å². The lowest BCUT2D eigenvalue weighted by atomic mass is 10.2. The molecule has 1 radical (unpaired) electrons. The van der Waals surface area contributed by atoms with Crippen LogP contribution in [0.1, 0.15) is 5.56 Å². The highest BCUT2D eigenvalue weighted by Crippen LogP contribution is 2.27. The van der Waals surface area contributed by atoms with Gasteiger partial charge in [-0.05, 0) is 18.1 Å². The van der Waals surface area contributed by atoms with E-state index in [1.54, 1.807) is 4.90 Å². The first-order chi connectivity index (χ1) is 6.33. The van der Waals surface area contributed by atoms with E-state index in [0.29, 0.717) is 0 Å². The number of para-hydroxylation sites is 1. The third-order valence-electron chi connectivity index (χ3n) is 2.31. The van der Waals surface area contributed by atoms with E-state index >= 15 is 0 Å². The second-order valence-corrected chi connectivity index (χ2v) is 3.36. The van der Waals surface area contributed by atoms with Crippen LogP contribution < -0.4 is 4.90 Å². The Morgan fingerprint density at radius 3 is 3.00 bits per heavy atom. The van der Waals surface area contributed by atoms with Crippen LogP contribution in [0.4, 0.5) is 5.69 Å². The van der Waals surface area contributed by atoms with E-state index in [1.807, 2.05) is 18.2 Å². The summed E-state index contributed by atoms with van der Waals surface area (Å²) in [5, 5.41) is 0. The van der Waals surface area contributed by atoms with Crippen LogP contribution in [0.3, 0.4) is 0 Å². The van der Waals surface area contributed by atoms with Gasteiger partial charge in [0.15, 0.2) is 0 Å². The van der Waals surface area contributed by atoms with Crippen LogP contribution in [0.2, 0.25) is 0 Å². The molecular weight excluding hydrogens is 182 g/mol. The van der Waals surface area contributed by atoms with Crippen LogP contribution >= 0.6 is 12.6 Å². The van der Waals surface area contributed by atoms with Crippen molar-refractivity contribution in [3.05, 3.63) is 29.8 Å². The van der Waals surface area contributed by atoms with Crippen molar-refractivity contribution in [3.63, 3.8) is 0 Å². The maximum Gasteiger partial charge on any atom is 0.237 e. The highest BCUT2D eigenvalue weighted by molar-refractivity contribution is 7.81. The molecule has 0 fully saturated rings. The van der Waals surface area contributed by atoms with E-state index in [9.17, 15) is 4.79 Å². The Balaban J connectivity index is 2.33. The van der Waals surface area contributed by atoms with Crippen molar-refractivity contribution in [2.45, 2.75) is 6.42 Å². The molecule has 67 valence electrons. The number of anilines is 1. The number of amides is 1. The zero-order valence-corrected chi connectivity index (χ0v) is 8.01. The van der Waals surface area contributed by atoms with Crippen molar-refractivity contribution in [2.75, 3.05) is 17.2 Å². The Kier molecular flexibility index (Phi) is 2.27. The molecule has 0 saturated heterocycles. The van der Waals surface area contributed by atoms with Gasteiger partial charge in [-0.3, -0.25) is 4.79 Å². The molecule has 1 amide bonds. The van der Waals surface area contributed by atoms with Crippen molar-refractivity contribution in [2.24, 2.45) is 0 Å². The van der Waals surface area contributed by atoms with E-state index < -0.39 is 0 Å². The Hall–Kier alpha value is -0.960. The normalized spacial score (nSPS) is 14.4. The fourth-order valence-corrected chi connectivity index (χ4v) is 1.83. The molecule has 0 saturated carbocycles. The number of rotatable bonds is 1. The van der Waals surface area contributed by atoms with Gasteiger partial charge in [0, 0.05) is 12.2 Å². The minimum absolute atomic E-state index is 0.0416. The minimum Gasteiger partial charge on any atom is -0.311 e. The van der Waals surface area contributed by atoms with Crippen molar-refractivity contribution in [1.82, 2.24) is 0 Å². The van der Waals surface area contributed by atoms with Gasteiger partial charge in [0.05, 0.1) is 5.75 Å². The Labute approximate surface area is 83.0 Å². The van der Waals surface area contributed by atoms with E-state index in [-0.39, 0.29) is 11.7 Å². The topological polar surface area (TPSA) is 20.3 Å². The first-order valence-electron chi connectivity index (χ1n) is 4.29. The van der Waals surface area contributed by atoms with E-state index in [4.69, 9.17) is 12.6 Å². The summed E-state index contributed by atoms with van der Waals surface area (Å²) in [6.45, 7) is 0.787. The maximum atomic E-state index is 11.4. The second kappa shape index (κ2) is 3.42. The molecule has 0 aromatic heterocycles. The van der Waals surface area contributed by atoms with Crippen LogP contribution in [0.5, 0.6) is 0 Å². The number of carbonyl (C=O) groups is 1. The molecule has 1 aliphatic rings. The van der Waals surface area contributed by atoms with Gasteiger partial charge in [-0.25, -0.2) is 0 Å². The van der Waals surface area contributed by atoms with Gasteiger partial charge in [0.1, 0.15) is 0 Å². The first-order valence-corrected chi connectivity index (χ1v) is 4.87. The zero-order chi connectivity index (χ0) is 9.26. The molecule has 0 bridgehead atoms. The largest absolute Gasteiger partial charge is 0.311 e. The fraction of sp³-hybridized carbons (Fsp3) is 0.300. The summed E-state index contributed by atoms with van der Waals surface area (Å²) < 4.78 is 0. The monoisotopic (exact) mass is 192 g/mol. The summed E-state index contributed by atoms with van der Waals surface area (Å²) in [7, 11) is 0. The smallest absolute Gasteiger partial charge is 0.237 e. The molecule has 1 aromatic rings. The quantitative estimate of drug-likeness (QED) is 0.664. The first kappa shape index (κ1) is 8.63. The molecule has 0 aliphatic carbocycles. The molecule has 1 aliphatic heterocycles. The molecule has 1 aromatic carbocycles. The number of fused-ring (bicyclic) bond motifs is 1. The third kappa shape index (κ3) is 1.44. The molecule has 13 heavy (non-hydrogen) atoms. The van der Waals surface area contributed by atoms with Crippen LogP contribution in [-0.2, 0) is 11.2 Å². The minimum atomic E-state index is 0.0416. The van der Waals surface area contributed by atoms with Gasteiger partial charge < -0.3 is 4.90 Å². The molecule has 0 unspecified atom stereocenters. The van der Waals surface area contributed by atoms with Gasteiger partial charge in [-0.1, -0.05) is 30.8 Å². The van der Waals surface area contributed by atoms with Gasteiger partial charge in [-0.2, -0.15) is 0 Å². The van der Waals surface area contributed by atoms with Crippen LogP contribution in [0, 0.1) is 0 Å². The summed E-state index contributed by atoms with van der Waals surface area (Å²) in [4.78, 5) is 13.2. The van der Waals surface area contributed by atoms with Crippen LogP contribution in [0.15, 0.2) is 24.3 Å². The molecule has 0 N–H and O–H groups in total. The van der Waals surface area contributed by atoms with Gasteiger partial charge in [-0.15, -0.1) is 0 Å². The lowest BCUT2D eigenvalue weighted by Gasteiger charge is -2.15. The van der Waals surface area contributed by atoms with Crippen molar-refractivity contribution < 1.29 is 4.79 Å². The maximum absolute atomic E-state index is 11.4. The van der Waals surface area contributed by atoms with Crippen LogP contribution in [-0.4, -0.2) is 18.2 Å². The molecular formula is C10H10NOS. The summed E-state index contributed by atoms with van der Waals surface area (Å²) in [6.07, 6.45) is 0.956. The summed E-state index contributed by atoms with van der Waals surface area (Å²) in [5.41, 5.74) is 2.29. The second-order valence-electron chi connectivity index (χ2n) is 3.07. The number of hydrogen-bond acceptors (Lipinski definition) is 1. The Morgan fingerprint density at radius 1 is 1.46 bits per heavy atom. The summed E-state index contributed by atoms with van der Waals surface area (Å²) >= 11 is 4.75. The molecule has 1 heterocycles. The standard InChI is InChI=1S/C10H10NOS/c12-10(7-13)11-6-5-8-3-1-2-4-9(8)11/h1-4H,5-7H2. The van der Waals surface area contributed by atoms with Gasteiger partial charge in [0.25, 0.3) is 0 Å². The lowest BCUT2D eigenvalue weighted by Crippen LogP contribution is -2.29. The molecule has 0 spiro atoms. The number of nitrogens with zero attached hydrogens (tertiary/aromatic N) is 1. The highest BCUT2D eigenvalue weighted by atomic mass is 32.1. The molecule has 2 nitrogen and oxygen atoms in total. The molecule has 3 heteroatoms. The third-order valence-corrected chi connectivity index (χ3v) is 2.56. The predicted octanol–water partition coefficient (Wildman–Crippen LogP) is 1.77. The molecule has 0 atom stereocenters. The van der Waals surface area contributed by atoms with E-state index in [1.165, 1.54) is 5.56 Å². The van der Waals surface area contributed by atoms with Crippen molar-refractivity contribution >= 4 is 24.2 Å². The van der Waals surface area contributed by atoms with E-state index in [0.717, 1.165) is 18.7 Å². The number of benzene rings is 1. The summed E-state index contributed by atoms with van der Waals surface area (Å²) in [5.74, 6) is 0.217. The lowest BCUT2D eigenvalue weighted by molar-refractivity contribution is -0.116. The van der Waals surface area contributed by atoms with Gasteiger partial charge in [0.2, 0.25) is 5.91 Å². The fourth-order valence-electron chi connectivity index (χ4n) is 1.68. The Bertz CT molecular complexity index is 337. The summed E-state index contributed by atoms with van der Waals surface area (Å²) in [6, 6.07) is 7.99.